The van der Waals surface area contributed by atoms with E-state index in [4.69, 9.17) is 4.74 Å². The van der Waals surface area contributed by atoms with Crippen LogP contribution in [-0.2, 0) is 0 Å². The normalized spacial score (nSPS) is 29.6. The molecule has 1 saturated carbocycles. The highest BCUT2D eigenvalue weighted by molar-refractivity contribution is 9.10. The molecule has 90 valence electrons. The minimum absolute atomic E-state index is 0.610. The van der Waals surface area contributed by atoms with Crippen LogP contribution in [0.5, 0.6) is 5.75 Å². The number of allylic oxidation sites excluding steroid dienone is 1. The summed E-state index contributed by atoms with van der Waals surface area (Å²) in [6, 6.07) is 6.77. The maximum Gasteiger partial charge on any atom is 0.133 e. The number of anilines is 1. The molecular weight excluding hydrogens is 278 g/mol. The maximum atomic E-state index is 5.23. The van der Waals surface area contributed by atoms with Gasteiger partial charge in [-0.3, -0.25) is 0 Å². The van der Waals surface area contributed by atoms with Gasteiger partial charge < -0.3 is 10.1 Å². The van der Waals surface area contributed by atoms with E-state index < -0.39 is 0 Å². The summed E-state index contributed by atoms with van der Waals surface area (Å²) in [5.74, 6) is 2.52. The number of methoxy groups -OCH3 is 1. The highest BCUT2D eigenvalue weighted by Gasteiger charge is 2.40. The molecular formula is C14H16BrNO. The van der Waals surface area contributed by atoms with Gasteiger partial charge in [0.15, 0.2) is 0 Å². The van der Waals surface area contributed by atoms with Crippen molar-refractivity contribution in [3.63, 3.8) is 0 Å². The standard InChI is InChI=1S/C14H16BrNO/c1-17-14-6-5-10(8-12(14)15)16-13-7-9-3-2-4-11(9)13/h2,4-6,8-9,11,13,16H,3,7H2,1H3. The molecule has 3 rings (SSSR count). The predicted octanol–water partition coefficient (Wildman–Crippen LogP) is 3.83. The molecule has 17 heavy (non-hydrogen) atoms. The second-order valence-electron chi connectivity index (χ2n) is 4.84. The summed E-state index contributed by atoms with van der Waals surface area (Å²) < 4.78 is 6.23. The molecule has 0 heterocycles. The first-order valence-electron chi connectivity index (χ1n) is 6.04. The third-order valence-electron chi connectivity index (χ3n) is 3.87. The number of hydrogen-bond donors (Lipinski definition) is 1. The Kier molecular flexibility index (Phi) is 2.87. The molecule has 1 aromatic carbocycles. The summed E-state index contributed by atoms with van der Waals surface area (Å²) in [7, 11) is 1.69. The number of fused-ring (bicyclic) bond motifs is 1. The Morgan fingerprint density at radius 2 is 2.29 bits per heavy atom. The number of benzene rings is 1. The quantitative estimate of drug-likeness (QED) is 0.855. The van der Waals surface area contributed by atoms with Gasteiger partial charge in [0.1, 0.15) is 5.75 Å². The van der Waals surface area contributed by atoms with Crippen LogP contribution in [0.25, 0.3) is 0 Å². The zero-order chi connectivity index (χ0) is 11.8. The highest BCUT2D eigenvalue weighted by atomic mass is 79.9. The molecule has 0 saturated heterocycles. The Bertz CT molecular complexity index is 458. The van der Waals surface area contributed by atoms with Crippen molar-refractivity contribution >= 4 is 21.6 Å². The summed E-state index contributed by atoms with van der Waals surface area (Å²) in [5.41, 5.74) is 1.17. The van der Waals surface area contributed by atoms with Crippen LogP contribution in [-0.4, -0.2) is 13.2 Å². The number of rotatable bonds is 3. The van der Waals surface area contributed by atoms with Crippen molar-refractivity contribution in [3.8, 4) is 5.75 Å². The fraction of sp³-hybridized carbons (Fsp3) is 0.429. The van der Waals surface area contributed by atoms with E-state index in [2.05, 4.69) is 45.5 Å². The van der Waals surface area contributed by atoms with E-state index in [1.54, 1.807) is 7.11 Å². The molecule has 0 aliphatic heterocycles. The Balaban J connectivity index is 1.69. The summed E-state index contributed by atoms with van der Waals surface area (Å²) >= 11 is 3.51. The summed E-state index contributed by atoms with van der Waals surface area (Å²) in [6.07, 6.45) is 7.25. The molecule has 1 fully saturated rings. The lowest BCUT2D eigenvalue weighted by Gasteiger charge is -2.41. The minimum atomic E-state index is 0.610. The van der Waals surface area contributed by atoms with Crippen LogP contribution in [0.1, 0.15) is 12.8 Å². The first-order valence-corrected chi connectivity index (χ1v) is 6.84. The molecule has 0 radical (unpaired) electrons. The molecule has 2 aliphatic carbocycles. The average Bonchev–Trinajstić information content (AvgIpc) is 2.68. The Labute approximate surface area is 110 Å². The van der Waals surface area contributed by atoms with Crippen LogP contribution in [0.2, 0.25) is 0 Å². The van der Waals surface area contributed by atoms with Gasteiger partial charge in [-0.2, -0.15) is 0 Å². The van der Waals surface area contributed by atoms with Gasteiger partial charge in [0.05, 0.1) is 11.6 Å². The van der Waals surface area contributed by atoms with Gasteiger partial charge in [0.25, 0.3) is 0 Å². The van der Waals surface area contributed by atoms with Crippen LogP contribution in [0.4, 0.5) is 5.69 Å². The van der Waals surface area contributed by atoms with Gasteiger partial charge in [-0.25, -0.2) is 0 Å². The van der Waals surface area contributed by atoms with Gasteiger partial charge in [-0.1, -0.05) is 12.2 Å². The average molecular weight is 294 g/mol. The molecule has 0 aromatic heterocycles. The Morgan fingerprint density at radius 3 is 3.00 bits per heavy atom. The van der Waals surface area contributed by atoms with E-state index in [9.17, 15) is 0 Å². The monoisotopic (exact) mass is 293 g/mol. The van der Waals surface area contributed by atoms with Crippen molar-refractivity contribution in [2.24, 2.45) is 11.8 Å². The summed E-state index contributed by atoms with van der Waals surface area (Å²) in [4.78, 5) is 0. The van der Waals surface area contributed by atoms with E-state index in [-0.39, 0.29) is 0 Å². The second kappa shape index (κ2) is 4.37. The third kappa shape index (κ3) is 1.97. The van der Waals surface area contributed by atoms with Gasteiger partial charge in [0.2, 0.25) is 0 Å². The zero-order valence-electron chi connectivity index (χ0n) is 9.82. The van der Waals surface area contributed by atoms with E-state index in [0.29, 0.717) is 6.04 Å². The van der Waals surface area contributed by atoms with E-state index >= 15 is 0 Å². The van der Waals surface area contributed by atoms with Crippen molar-refractivity contribution in [3.05, 3.63) is 34.8 Å². The molecule has 2 aliphatic rings. The SMILES string of the molecule is COc1ccc(NC2CC3CC=CC32)cc1Br. The van der Waals surface area contributed by atoms with Crippen molar-refractivity contribution in [2.45, 2.75) is 18.9 Å². The van der Waals surface area contributed by atoms with Crippen molar-refractivity contribution in [2.75, 3.05) is 12.4 Å². The van der Waals surface area contributed by atoms with Crippen molar-refractivity contribution < 1.29 is 4.74 Å². The molecule has 0 amide bonds. The molecule has 2 nitrogen and oxygen atoms in total. The maximum absolute atomic E-state index is 5.23. The van der Waals surface area contributed by atoms with Crippen LogP contribution < -0.4 is 10.1 Å². The fourth-order valence-electron chi connectivity index (χ4n) is 2.85. The smallest absolute Gasteiger partial charge is 0.133 e. The molecule has 3 unspecified atom stereocenters. The lowest BCUT2D eigenvalue weighted by molar-refractivity contribution is 0.218. The predicted molar refractivity (Wildman–Crippen MR) is 73.5 cm³/mol. The van der Waals surface area contributed by atoms with E-state index in [0.717, 1.165) is 22.1 Å². The lowest BCUT2D eigenvalue weighted by atomic mass is 9.71. The summed E-state index contributed by atoms with van der Waals surface area (Å²) in [5, 5.41) is 3.61. The molecule has 1 N–H and O–H groups in total. The van der Waals surface area contributed by atoms with Crippen LogP contribution in [0, 0.1) is 11.8 Å². The van der Waals surface area contributed by atoms with E-state index in [1.165, 1.54) is 18.5 Å². The topological polar surface area (TPSA) is 21.3 Å². The van der Waals surface area contributed by atoms with Crippen LogP contribution in [0.15, 0.2) is 34.8 Å². The molecule has 0 bridgehead atoms. The number of halogens is 1. The first kappa shape index (κ1) is 11.1. The number of nitrogens with one attached hydrogen (secondary N) is 1. The number of ether oxygens (including phenoxy) is 1. The first-order chi connectivity index (χ1) is 8.28. The Hall–Kier alpha value is -0.960. The largest absolute Gasteiger partial charge is 0.496 e. The minimum Gasteiger partial charge on any atom is -0.496 e. The van der Waals surface area contributed by atoms with Gasteiger partial charge in [-0.05, 0) is 52.9 Å². The number of hydrogen-bond acceptors (Lipinski definition) is 2. The van der Waals surface area contributed by atoms with Gasteiger partial charge >= 0.3 is 0 Å². The second-order valence-corrected chi connectivity index (χ2v) is 5.69. The van der Waals surface area contributed by atoms with Gasteiger partial charge in [0, 0.05) is 17.6 Å². The Morgan fingerprint density at radius 1 is 1.41 bits per heavy atom. The molecule has 3 heteroatoms. The summed E-state index contributed by atoms with van der Waals surface area (Å²) in [6.45, 7) is 0. The van der Waals surface area contributed by atoms with Crippen LogP contribution in [0.3, 0.4) is 0 Å². The molecule has 0 spiro atoms. The van der Waals surface area contributed by atoms with Crippen LogP contribution >= 0.6 is 15.9 Å². The van der Waals surface area contributed by atoms with Crippen molar-refractivity contribution in [1.82, 2.24) is 0 Å². The highest BCUT2D eigenvalue weighted by Crippen LogP contribution is 2.44. The zero-order valence-corrected chi connectivity index (χ0v) is 11.4. The van der Waals surface area contributed by atoms with E-state index in [1.807, 2.05) is 6.07 Å². The molecule has 3 atom stereocenters. The third-order valence-corrected chi connectivity index (χ3v) is 4.49. The van der Waals surface area contributed by atoms with Gasteiger partial charge in [-0.15, -0.1) is 0 Å². The molecule has 1 aromatic rings. The fourth-order valence-corrected chi connectivity index (χ4v) is 3.39. The lowest BCUT2D eigenvalue weighted by Crippen LogP contribution is -2.43. The van der Waals surface area contributed by atoms with Crippen molar-refractivity contribution in [1.29, 1.82) is 0 Å².